The van der Waals surface area contributed by atoms with Crippen molar-refractivity contribution in [3.63, 3.8) is 0 Å². The second-order valence-electron chi connectivity index (χ2n) is 8.36. The van der Waals surface area contributed by atoms with Crippen LogP contribution in [0.2, 0.25) is 0 Å². The zero-order chi connectivity index (χ0) is 23.9. The molecule has 10 heteroatoms. The van der Waals surface area contributed by atoms with Gasteiger partial charge in [-0.2, -0.15) is 13.2 Å². The van der Waals surface area contributed by atoms with Crippen LogP contribution in [-0.2, 0) is 15.7 Å². The largest absolute Gasteiger partial charge is 0.443 e. The molecule has 7 nitrogen and oxygen atoms in total. The highest BCUT2D eigenvalue weighted by atomic mass is 19.4. The number of H-pyrrole nitrogens is 1. The molecule has 0 saturated carbocycles. The third-order valence-corrected chi connectivity index (χ3v) is 6.10. The molecule has 178 valence electrons. The monoisotopic (exact) mass is 473 g/mol. The molecule has 1 N–H and O–H groups in total. The summed E-state index contributed by atoms with van der Waals surface area (Å²) in [5.74, 6) is 0. The maximum absolute atomic E-state index is 13.4. The lowest BCUT2D eigenvalue weighted by Gasteiger charge is -2.28. The minimum Gasteiger partial charge on any atom is -0.443 e. The lowest BCUT2D eigenvalue weighted by Crippen LogP contribution is -2.42. The Morgan fingerprint density at radius 3 is 2.56 bits per heavy atom. The first-order valence-corrected chi connectivity index (χ1v) is 10.9. The minimum absolute atomic E-state index is 0.0735. The topological polar surface area (TPSA) is 74.9 Å². The number of aromatic nitrogens is 1. The number of nitrogens with zero attached hydrogens (tertiary/aromatic N) is 2. The van der Waals surface area contributed by atoms with Gasteiger partial charge in [-0.15, -0.1) is 0 Å². The maximum Gasteiger partial charge on any atom is 0.417 e. The smallest absolute Gasteiger partial charge is 0.417 e. The van der Waals surface area contributed by atoms with Gasteiger partial charge in [0.25, 0.3) is 5.56 Å². The second kappa shape index (κ2) is 8.77. The van der Waals surface area contributed by atoms with Gasteiger partial charge in [0.05, 0.1) is 25.3 Å². The molecule has 2 aliphatic rings. The normalized spacial score (nSPS) is 19.6. The molecule has 2 aliphatic heterocycles. The Balaban J connectivity index is 1.42. The lowest BCUT2D eigenvalue weighted by atomic mass is 10.0. The van der Waals surface area contributed by atoms with E-state index in [4.69, 9.17) is 9.47 Å². The molecule has 2 saturated heterocycles. The summed E-state index contributed by atoms with van der Waals surface area (Å²) < 4.78 is 51.2. The van der Waals surface area contributed by atoms with E-state index in [1.165, 1.54) is 29.2 Å². The summed E-state index contributed by atoms with van der Waals surface area (Å²) in [5.41, 5.74) is -0.899. The zero-order valence-electron chi connectivity index (χ0n) is 18.1. The van der Waals surface area contributed by atoms with E-state index < -0.39 is 23.4 Å². The van der Waals surface area contributed by atoms with E-state index in [2.05, 4.69) is 9.88 Å². The molecule has 1 unspecified atom stereocenters. The van der Waals surface area contributed by atoms with E-state index >= 15 is 0 Å². The molecule has 0 aliphatic carbocycles. The number of cyclic esters (lactones) is 1. The number of amides is 1. The number of hydrogen-bond donors (Lipinski definition) is 1. The molecule has 0 spiro atoms. The van der Waals surface area contributed by atoms with Crippen molar-refractivity contribution in [2.75, 3.05) is 44.3 Å². The van der Waals surface area contributed by atoms with E-state index in [1.807, 2.05) is 0 Å². The number of nitrogens with one attached hydrogen (secondary N) is 1. The Kier molecular flexibility index (Phi) is 5.78. The number of halogens is 3. The fourth-order valence-electron chi connectivity index (χ4n) is 4.43. The number of rotatable bonds is 4. The van der Waals surface area contributed by atoms with Gasteiger partial charge < -0.3 is 14.5 Å². The molecule has 34 heavy (non-hydrogen) atoms. The molecule has 1 atom stereocenters. The third kappa shape index (κ3) is 4.38. The maximum atomic E-state index is 13.4. The number of carbonyl (C=O) groups is 1. The standard InChI is InChI=1S/C24H22F3N3O4/c25-24(26,27)20-4-2-1-3-18(20)21-11-15-5-6-16(12-19(15)22(31)28-21)30-14-17(34-23(30)32)13-29-7-9-33-10-8-29/h1-6,11-12,17H,7-10,13-14H2,(H,28,31). The second-order valence-corrected chi connectivity index (χ2v) is 8.36. The Hall–Kier alpha value is -3.37. The van der Waals surface area contributed by atoms with Gasteiger partial charge >= 0.3 is 12.3 Å². The molecular formula is C24H22F3N3O4. The number of benzene rings is 2. The molecule has 1 aromatic heterocycles. The van der Waals surface area contributed by atoms with Crippen LogP contribution >= 0.6 is 0 Å². The van der Waals surface area contributed by atoms with Crippen molar-refractivity contribution < 1.29 is 27.4 Å². The number of alkyl halides is 3. The van der Waals surface area contributed by atoms with Crippen LogP contribution < -0.4 is 10.5 Å². The molecule has 3 heterocycles. The highest BCUT2D eigenvalue weighted by molar-refractivity contribution is 5.94. The molecule has 5 rings (SSSR count). The van der Waals surface area contributed by atoms with E-state index in [0.717, 1.165) is 19.2 Å². The first kappa shape index (κ1) is 22.4. The van der Waals surface area contributed by atoms with Crippen LogP contribution in [0.15, 0.2) is 53.3 Å². The SMILES string of the molecule is O=C1OC(CN2CCOCC2)CN1c1ccc2cc(-c3ccccc3C(F)(F)F)[nH]c(=O)c2c1. The third-order valence-electron chi connectivity index (χ3n) is 6.10. The number of pyridine rings is 1. The summed E-state index contributed by atoms with van der Waals surface area (Å²) in [5, 5.41) is 0.743. The Morgan fingerprint density at radius 2 is 1.79 bits per heavy atom. The number of fused-ring (bicyclic) bond motifs is 1. The van der Waals surface area contributed by atoms with Crippen molar-refractivity contribution in [3.05, 3.63) is 64.4 Å². The number of ether oxygens (including phenoxy) is 2. The van der Waals surface area contributed by atoms with Crippen molar-refractivity contribution in [1.29, 1.82) is 0 Å². The Bertz CT molecular complexity index is 1280. The van der Waals surface area contributed by atoms with Crippen LogP contribution in [0.1, 0.15) is 5.56 Å². The van der Waals surface area contributed by atoms with Gasteiger partial charge in [-0.25, -0.2) is 4.79 Å². The van der Waals surface area contributed by atoms with Crippen molar-refractivity contribution in [3.8, 4) is 11.3 Å². The van der Waals surface area contributed by atoms with Crippen LogP contribution in [0.5, 0.6) is 0 Å². The van der Waals surface area contributed by atoms with Crippen molar-refractivity contribution in [2.45, 2.75) is 12.3 Å². The summed E-state index contributed by atoms with van der Waals surface area (Å²) in [6.07, 6.45) is -5.36. The first-order chi connectivity index (χ1) is 16.3. The number of morpholine rings is 1. The van der Waals surface area contributed by atoms with Crippen LogP contribution in [0.3, 0.4) is 0 Å². The van der Waals surface area contributed by atoms with Gasteiger partial charge in [0, 0.05) is 42.0 Å². The lowest BCUT2D eigenvalue weighted by molar-refractivity contribution is -0.137. The molecule has 3 aromatic rings. The van der Waals surface area contributed by atoms with Gasteiger partial charge in [-0.05, 0) is 29.7 Å². The first-order valence-electron chi connectivity index (χ1n) is 10.9. The number of hydrogen-bond acceptors (Lipinski definition) is 5. The predicted molar refractivity (Wildman–Crippen MR) is 120 cm³/mol. The van der Waals surface area contributed by atoms with Gasteiger partial charge in [-0.1, -0.05) is 24.3 Å². The van der Waals surface area contributed by atoms with Gasteiger partial charge in [0.15, 0.2) is 0 Å². The highest BCUT2D eigenvalue weighted by Crippen LogP contribution is 2.36. The summed E-state index contributed by atoms with van der Waals surface area (Å²) in [6.45, 7) is 3.79. The summed E-state index contributed by atoms with van der Waals surface area (Å²) in [4.78, 5) is 31.5. The van der Waals surface area contributed by atoms with Crippen LogP contribution in [0.25, 0.3) is 22.0 Å². The van der Waals surface area contributed by atoms with Gasteiger partial charge in [0.2, 0.25) is 0 Å². The summed E-state index contributed by atoms with van der Waals surface area (Å²) in [6, 6.07) is 11.5. The van der Waals surface area contributed by atoms with Crippen molar-refractivity contribution in [2.24, 2.45) is 0 Å². The average molecular weight is 473 g/mol. The van der Waals surface area contributed by atoms with Crippen molar-refractivity contribution in [1.82, 2.24) is 9.88 Å². The number of aromatic amines is 1. The van der Waals surface area contributed by atoms with E-state index in [0.29, 0.717) is 37.4 Å². The highest BCUT2D eigenvalue weighted by Gasteiger charge is 2.35. The van der Waals surface area contributed by atoms with Gasteiger partial charge in [0.1, 0.15) is 6.10 Å². The van der Waals surface area contributed by atoms with Crippen LogP contribution in [-0.4, -0.2) is 61.5 Å². The van der Waals surface area contributed by atoms with Crippen LogP contribution in [0, 0.1) is 0 Å². The molecule has 0 radical (unpaired) electrons. The number of anilines is 1. The fourth-order valence-corrected chi connectivity index (χ4v) is 4.43. The molecular weight excluding hydrogens is 451 g/mol. The predicted octanol–water partition coefficient (Wildman–Crippen LogP) is 3.87. The Morgan fingerprint density at radius 1 is 1.03 bits per heavy atom. The molecule has 2 aromatic carbocycles. The Labute approximate surface area is 192 Å². The molecule has 2 fully saturated rings. The zero-order valence-corrected chi connectivity index (χ0v) is 18.1. The quantitative estimate of drug-likeness (QED) is 0.623. The van der Waals surface area contributed by atoms with Crippen LogP contribution in [0.4, 0.5) is 23.7 Å². The summed E-state index contributed by atoms with van der Waals surface area (Å²) >= 11 is 0. The average Bonchev–Trinajstić information content (AvgIpc) is 3.18. The van der Waals surface area contributed by atoms with Gasteiger partial charge in [-0.3, -0.25) is 14.6 Å². The van der Waals surface area contributed by atoms with E-state index in [-0.39, 0.29) is 22.7 Å². The van der Waals surface area contributed by atoms with E-state index in [9.17, 15) is 22.8 Å². The molecule has 0 bridgehead atoms. The fraction of sp³-hybridized carbons (Fsp3) is 0.333. The molecule has 1 amide bonds. The van der Waals surface area contributed by atoms with Crippen molar-refractivity contribution >= 4 is 22.6 Å². The number of carbonyl (C=O) groups excluding carboxylic acids is 1. The van der Waals surface area contributed by atoms with E-state index in [1.54, 1.807) is 18.2 Å². The minimum atomic E-state index is -4.56. The summed E-state index contributed by atoms with van der Waals surface area (Å²) in [7, 11) is 0.